The lowest BCUT2D eigenvalue weighted by atomic mass is 10.1. The average Bonchev–Trinajstić information content (AvgIpc) is 2.37. The van der Waals surface area contributed by atoms with Crippen LogP contribution in [0, 0.1) is 0 Å². The van der Waals surface area contributed by atoms with Crippen LogP contribution in [0.3, 0.4) is 0 Å². The fourth-order valence-electron chi connectivity index (χ4n) is 1.66. The number of primary amides is 1. The van der Waals surface area contributed by atoms with E-state index in [1.807, 2.05) is 13.8 Å². The van der Waals surface area contributed by atoms with Crippen molar-refractivity contribution >= 4 is 11.6 Å². The molecule has 1 aromatic rings. The van der Waals surface area contributed by atoms with Gasteiger partial charge in [-0.05, 0) is 31.5 Å². The van der Waals surface area contributed by atoms with Crippen LogP contribution >= 0.6 is 0 Å². The van der Waals surface area contributed by atoms with E-state index in [2.05, 4.69) is 5.32 Å². The van der Waals surface area contributed by atoms with E-state index in [-0.39, 0.29) is 6.61 Å². The van der Waals surface area contributed by atoms with Gasteiger partial charge >= 0.3 is 0 Å². The highest BCUT2D eigenvalue weighted by Gasteiger charge is 2.13. The SMILES string of the molecule is CCOc1ccc(NC(CC)C(N)=O)cc1CO. The summed E-state index contributed by atoms with van der Waals surface area (Å²) in [6.45, 7) is 4.19. The van der Waals surface area contributed by atoms with E-state index in [0.29, 0.717) is 24.3 Å². The van der Waals surface area contributed by atoms with Crippen LogP contribution in [0.4, 0.5) is 5.69 Å². The molecule has 18 heavy (non-hydrogen) atoms. The minimum atomic E-state index is -0.408. The third-order valence-corrected chi connectivity index (χ3v) is 2.62. The van der Waals surface area contributed by atoms with Gasteiger partial charge in [0.05, 0.1) is 13.2 Å². The number of hydrogen-bond acceptors (Lipinski definition) is 4. The molecule has 0 heterocycles. The van der Waals surface area contributed by atoms with Crippen molar-refractivity contribution in [3.05, 3.63) is 23.8 Å². The van der Waals surface area contributed by atoms with Crippen molar-refractivity contribution in [1.29, 1.82) is 0 Å². The van der Waals surface area contributed by atoms with Gasteiger partial charge in [-0.2, -0.15) is 0 Å². The summed E-state index contributed by atoms with van der Waals surface area (Å²) in [5, 5.41) is 12.3. The Hall–Kier alpha value is -1.75. The molecule has 4 N–H and O–H groups in total. The zero-order valence-corrected chi connectivity index (χ0v) is 10.8. The monoisotopic (exact) mass is 252 g/mol. The molecule has 1 atom stereocenters. The summed E-state index contributed by atoms with van der Waals surface area (Å²) in [4.78, 5) is 11.1. The number of amides is 1. The van der Waals surface area contributed by atoms with Gasteiger partial charge in [0.25, 0.3) is 0 Å². The Morgan fingerprint density at radius 3 is 2.72 bits per heavy atom. The van der Waals surface area contributed by atoms with Gasteiger partial charge in [-0.1, -0.05) is 6.92 Å². The smallest absolute Gasteiger partial charge is 0.239 e. The number of carbonyl (C=O) groups is 1. The largest absolute Gasteiger partial charge is 0.494 e. The molecule has 1 unspecified atom stereocenters. The number of rotatable bonds is 7. The summed E-state index contributed by atoms with van der Waals surface area (Å²) in [5.74, 6) is 0.259. The van der Waals surface area contributed by atoms with E-state index in [0.717, 1.165) is 5.69 Å². The maximum Gasteiger partial charge on any atom is 0.239 e. The first-order valence-corrected chi connectivity index (χ1v) is 6.04. The second-order valence-electron chi connectivity index (χ2n) is 3.92. The first-order valence-electron chi connectivity index (χ1n) is 6.04. The molecule has 1 rings (SSSR count). The minimum Gasteiger partial charge on any atom is -0.494 e. The van der Waals surface area contributed by atoms with E-state index in [4.69, 9.17) is 10.5 Å². The van der Waals surface area contributed by atoms with Crippen molar-refractivity contribution in [1.82, 2.24) is 0 Å². The number of carbonyl (C=O) groups excluding carboxylic acids is 1. The van der Waals surface area contributed by atoms with Gasteiger partial charge in [-0.3, -0.25) is 4.79 Å². The Labute approximate surface area is 107 Å². The predicted octanol–water partition coefficient (Wildman–Crippen LogP) is 1.25. The molecule has 1 aromatic carbocycles. The Morgan fingerprint density at radius 2 is 2.22 bits per heavy atom. The molecule has 0 aliphatic carbocycles. The molecule has 0 aliphatic rings. The molecule has 0 saturated carbocycles. The van der Waals surface area contributed by atoms with Crippen molar-refractivity contribution in [3.63, 3.8) is 0 Å². The number of hydrogen-bond donors (Lipinski definition) is 3. The van der Waals surface area contributed by atoms with Crippen LogP contribution in [0.25, 0.3) is 0 Å². The van der Waals surface area contributed by atoms with Gasteiger partial charge in [-0.15, -0.1) is 0 Å². The first-order chi connectivity index (χ1) is 8.62. The Kier molecular flexibility index (Phi) is 5.45. The Bertz CT molecular complexity index is 407. The van der Waals surface area contributed by atoms with Gasteiger partial charge in [0.2, 0.25) is 5.91 Å². The minimum absolute atomic E-state index is 0.113. The lowest BCUT2D eigenvalue weighted by molar-refractivity contribution is -0.118. The normalized spacial score (nSPS) is 11.9. The molecule has 1 amide bonds. The van der Waals surface area contributed by atoms with Crippen molar-refractivity contribution in [2.75, 3.05) is 11.9 Å². The van der Waals surface area contributed by atoms with Crippen molar-refractivity contribution < 1.29 is 14.6 Å². The highest BCUT2D eigenvalue weighted by Crippen LogP contribution is 2.23. The number of nitrogens with one attached hydrogen (secondary N) is 1. The van der Waals surface area contributed by atoms with E-state index in [1.54, 1.807) is 18.2 Å². The van der Waals surface area contributed by atoms with Crippen LogP contribution in [0.2, 0.25) is 0 Å². The Morgan fingerprint density at radius 1 is 1.50 bits per heavy atom. The predicted molar refractivity (Wildman–Crippen MR) is 70.4 cm³/mol. The molecule has 0 spiro atoms. The van der Waals surface area contributed by atoms with E-state index in [1.165, 1.54) is 0 Å². The molecule has 100 valence electrons. The van der Waals surface area contributed by atoms with Gasteiger partial charge in [0, 0.05) is 11.3 Å². The van der Waals surface area contributed by atoms with Crippen molar-refractivity contribution in [3.8, 4) is 5.75 Å². The number of aliphatic hydroxyl groups excluding tert-OH is 1. The average molecular weight is 252 g/mol. The number of aliphatic hydroxyl groups is 1. The van der Waals surface area contributed by atoms with Crippen molar-refractivity contribution in [2.45, 2.75) is 32.9 Å². The van der Waals surface area contributed by atoms with Gasteiger partial charge in [-0.25, -0.2) is 0 Å². The highest BCUT2D eigenvalue weighted by atomic mass is 16.5. The molecular weight excluding hydrogens is 232 g/mol. The summed E-state index contributed by atoms with van der Waals surface area (Å²) in [7, 11) is 0. The van der Waals surface area contributed by atoms with Gasteiger partial charge in [0.1, 0.15) is 11.8 Å². The summed E-state index contributed by atoms with van der Waals surface area (Å²) < 4.78 is 5.38. The van der Waals surface area contributed by atoms with Crippen LogP contribution < -0.4 is 15.8 Å². The lowest BCUT2D eigenvalue weighted by Crippen LogP contribution is -2.34. The molecular formula is C13H20N2O3. The summed E-state index contributed by atoms with van der Waals surface area (Å²) in [5.41, 5.74) is 6.69. The number of benzene rings is 1. The third-order valence-electron chi connectivity index (χ3n) is 2.62. The zero-order chi connectivity index (χ0) is 13.5. The summed E-state index contributed by atoms with van der Waals surface area (Å²) in [6, 6.07) is 4.92. The number of anilines is 1. The van der Waals surface area contributed by atoms with Gasteiger partial charge in [0.15, 0.2) is 0 Å². The lowest BCUT2D eigenvalue weighted by Gasteiger charge is -2.16. The summed E-state index contributed by atoms with van der Waals surface area (Å²) >= 11 is 0. The fourth-order valence-corrected chi connectivity index (χ4v) is 1.66. The molecule has 0 aromatic heterocycles. The first kappa shape index (κ1) is 14.3. The number of nitrogens with two attached hydrogens (primary N) is 1. The molecule has 0 fully saturated rings. The van der Waals surface area contributed by atoms with E-state index < -0.39 is 11.9 Å². The quantitative estimate of drug-likeness (QED) is 0.682. The molecule has 5 heteroatoms. The zero-order valence-electron chi connectivity index (χ0n) is 10.8. The molecule has 5 nitrogen and oxygen atoms in total. The molecule has 0 aliphatic heterocycles. The second kappa shape index (κ2) is 6.86. The summed E-state index contributed by atoms with van der Waals surface area (Å²) in [6.07, 6.45) is 0.608. The molecule has 0 radical (unpaired) electrons. The van der Waals surface area contributed by atoms with Crippen LogP contribution in [-0.4, -0.2) is 23.7 Å². The van der Waals surface area contributed by atoms with Crippen LogP contribution in [0.5, 0.6) is 5.75 Å². The van der Waals surface area contributed by atoms with Crippen LogP contribution in [-0.2, 0) is 11.4 Å². The highest BCUT2D eigenvalue weighted by molar-refractivity contribution is 5.82. The second-order valence-corrected chi connectivity index (χ2v) is 3.92. The fraction of sp³-hybridized carbons (Fsp3) is 0.462. The molecule has 0 bridgehead atoms. The maximum atomic E-state index is 11.1. The Balaban J connectivity index is 2.87. The van der Waals surface area contributed by atoms with Crippen LogP contribution in [0.15, 0.2) is 18.2 Å². The van der Waals surface area contributed by atoms with Gasteiger partial charge < -0.3 is 20.9 Å². The third kappa shape index (κ3) is 3.63. The standard InChI is InChI=1S/C13H20N2O3/c1-3-11(13(14)17)15-10-5-6-12(18-4-2)9(7-10)8-16/h5-7,11,15-16H,3-4,8H2,1-2H3,(H2,14,17). The topological polar surface area (TPSA) is 84.6 Å². The number of ether oxygens (including phenoxy) is 1. The maximum absolute atomic E-state index is 11.1. The molecule has 0 saturated heterocycles. The van der Waals surface area contributed by atoms with E-state index in [9.17, 15) is 9.90 Å². The van der Waals surface area contributed by atoms with Crippen LogP contribution in [0.1, 0.15) is 25.8 Å². The van der Waals surface area contributed by atoms with Crippen molar-refractivity contribution in [2.24, 2.45) is 5.73 Å². The van der Waals surface area contributed by atoms with E-state index >= 15 is 0 Å².